The molecule has 0 fully saturated rings. The van der Waals surface area contributed by atoms with Gasteiger partial charge in [-0.05, 0) is 12.1 Å². The molecule has 6 heteroatoms. The Balaban J connectivity index is 1.71. The lowest BCUT2D eigenvalue weighted by Crippen LogP contribution is -2.23. The average Bonchev–Trinajstić information content (AvgIpc) is 2.93. The maximum Gasteiger partial charge on any atom is 0.251 e. The number of hydrogen-bond donors (Lipinski definition) is 1. The van der Waals surface area contributed by atoms with Gasteiger partial charge < -0.3 is 14.8 Å². The highest BCUT2D eigenvalue weighted by atomic mass is 19.1. The zero-order valence-corrected chi connectivity index (χ0v) is 10.4. The van der Waals surface area contributed by atoms with E-state index in [-0.39, 0.29) is 24.8 Å². The normalized spacial score (nSPS) is 12.2. The van der Waals surface area contributed by atoms with Crippen LogP contribution in [-0.4, -0.2) is 17.7 Å². The lowest BCUT2D eigenvalue weighted by atomic mass is 10.1. The van der Waals surface area contributed by atoms with E-state index in [9.17, 15) is 9.18 Å². The van der Waals surface area contributed by atoms with E-state index in [1.54, 1.807) is 6.07 Å². The van der Waals surface area contributed by atoms with Crippen molar-refractivity contribution in [2.24, 2.45) is 0 Å². The monoisotopic (exact) mass is 274 g/mol. The summed E-state index contributed by atoms with van der Waals surface area (Å²) in [6.07, 6.45) is 1.25. The van der Waals surface area contributed by atoms with Crippen LogP contribution in [-0.2, 0) is 6.54 Å². The van der Waals surface area contributed by atoms with Crippen molar-refractivity contribution in [3.63, 3.8) is 0 Å². The number of nitrogens with one attached hydrogen (secondary N) is 1. The molecule has 0 aliphatic carbocycles. The van der Waals surface area contributed by atoms with Gasteiger partial charge in [0.1, 0.15) is 0 Å². The molecule has 0 spiro atoms. The summed E-state index contributed by atoms with van der Waals surface area (Å²) in [6.45, 7) is 0.450. The van der Waals surface area contributed by atoms with Gasteiger partial charge in [0.15, 0.2) is 11.5 Å². The number of carbonyl (C=O) groups excluding carboxylic acids is 1. The van der Waals surface area contributed by atoms with Crippen LogP contribution < -0.4 is 14.8 Å². The Hall–Kier alpha value is -2.63. The van der Waals surface area contributed by atoms with Crippen LogP contribution in [0.2, 0.25) is 0 Å². The average molecular weight is 274 g/mol. The van der Waals surface area contributed by atoms with Crippen molar-refractivity contribution in [2.45, 2.75) is 6.54 Å². The summed E-state index contributed by atoms with van der Waals surface area (Å²) in [5, 5.41) is 2.70. The first-order valence-electron chi connectivity index (χ1n) is 6.01. The molecule has 1 aliphatic heterocycles. The van der Waals surface area contributed by atoms with Crippen LogP contribution in [0.1, 0.15) is 15.9 Å². The Morgan fingerprint density at radius 1 is 1.35 bits per heavy atom. The predicted octanol–water partition coefficient (Wildman–Crippen LogP) is 1.88. The lowest BCUT2D eigenvalue weighted by molar-refractivity contribution is 0.0950. The van der Waals surface area contributed by atoms with Gasteiger partial charge in [-0.1, -0.05) is 12.1 Å². The van der Waals surface area contributed by atoms with Crippen LogP contribution in [0.15, 0.2) is 36.5 Å². The first-order valence-corrected chi connectivity index (χ1v) is 6.01. The molecule has 0 unspecified atom stereocenters. The zero-order valence-electron chi connectivity index (χ0n) is 10.4. The van der Waals surface area contributed by atoms with E-state index in [4.69, 9.17) is 9.47 Å². The van der Waals surface area contributed by atoms with Crippen LogP contribution in [0.4, 0.5) is 4.39 Å². The van der Waals surface area contributed by atoms with E-state index < -0.39 is 5.95 Å². The summed E-state index contributed by atoms with van der Waals surface area (Å²) in [7, 11) is 0. The van der Waals surface area contributed by atoms with Gasteiger partial charge in [0.05, 0.1) is 0 Å². The molecule has 0 saturated heterocycles. The number of pyridine rings is 1. The molecule has 0 bridgehead atoms. The maximum atomic E-state index is 12.9. The molecule has 0 saturated carbocycles. The van der Waals surface area contributed by atoms with Gasteiger partial charge in [0.2, 0.25) is 12.7 Å². The molecule has 2 aromatic rings. The molecule has 0 atom stereocenters. The molecule has 0 radical (unpaired) electrons. The Bertz CT molecular complexity index is 661. The SMILES string of the molecule is O=C(NCc1cccc2c1OCO2)c1ccnc(F)c1. The quantitative estimate of drug-likeness (QED) is 0.868. The van der Waals surface area contributed by atoms with E-state index in [1.165, 1.54) is 12.3 Å². The summed E-state index contributed by atoms with van der Waals surface area (Å²) in [5.41, 5.74) is 1.03. The fourth-order valence-corrected chi connectivity index (χ4v) is 1.95. The van der Waals surface area contributed by atoms with Gasteiger partial charge in [-0.25, -0.2) is 4.98 Å². The largest absolute Gasteiger partial charge is 0.454 e. The molecule has 20 heavy (non-hydrogen) atoms. The minimum absolute atomic E-state index is 0.176. The molecule has 5 nitrogen and oxygen atoms in total. The number of aromatic nitrogens is 1. The van der Waals surface area contributed by atoms with Crippen molar-refractivity contribution >= 4 is 5.91 Å². The highest BCUT2D eigenvalue weighted by Crippen LogP contribution is 2.35. The smallest absolute Gasteiger partial charge is 0.251 e. The van der Waals surface area contributed by atoms with Crippen LogP contribution >= 0.6 is 0 Å². The van der Waals surface area contributed by atoms with Crippen molar-refractivity contribution < 1.29 is 18.7 Å². The highest BCUT2D eigenvalue weighted by Gasteiger charge is 2.17. The second-order valence-electron chi connectivity index (χ2n) is 4.20. The fourth-order valence-electron chi connectivity index (χ4n) is 1.95. The van der Waals surface area contributed by atoms with Crippen molar-refractivity contribution in [1.82, 2.24) is 10.3 Å². The van der Waals surface area contributed by atoms with Crippen LogP contribution in [0.25, 0.3) is 0 Å². The number of rotatable bonds is 3. The van der Waals surface area contributed by atoms with Crippen molar-refractivity contribution in [3.05, 3.63) is 53.6 Å². The third-order valence-electron chi connectivity index (χ3n) is 2.91. The van der Waals surface area contributed by atoms with Gasteiger partial charge >= 0.3 is 0 Å². The van der Waals surface area contributed by atoms with E-state index >= 15 is 0 Å². The lowest BCUT2D eigenvalue weighted by Gasteiger charge is -2.07. The molecular formula is C14H11FN2O3. The van der Waals surface area contributed by atoms with Crippen LogP contribution in [0.3, 0.4) is 0 Å². The molecule has 1 N–H and O–H groups in total. The molecule has 3 rings (SSSR count). The third kappa shape index (κ3) is 2.40. The van der Waals surface area contributed by atoms with Crippen LogP contribution in [0.5, 0.6) is 11.5 Å². The number of carbonyl (C=O) groups is 1. The summed E-state index contributed by atoms with van der Waals surface area (Å²) in [6, 6.07) is 7.99. The number of amides is 1. The Morgan fingerprint density at radius 2 is 2.25 bits per heavy atom. The number of hydrogen-bond acceptors (Lipinski definition) is 4. The summed E-state index contributed by atoms with van der Waals surface area (Å²) < 4.78 is 23.5. The number of ether oxygens (including phenoxy) is 2. The van der Waals surface area contributed by atoms with E-state index in [2.05, 4.69) is 10.3 Å². The van der Waals surface area contributed by atoms with Gasteiger partial charge in [0, 0.05) is 29.9 Å². The molecule has 1 aromatic heterocycles. The summed E-state index contributed by atoms with van der Waals surface area (Å²) in [4.78, 5) is 15.3. The minimum Gasteiger partial charge on any atom is -0.454 e. The van der Waals surface area contributed by atoms with E-state index in [1.807, 2.05) is 12.1 Å². The Morgan fingerprint density at radius 3 is 3.10 bits per heavy atom. The molecule has 1 aromatic carbocycles. The van der Waals surface area contributed by atoms with Gasteiger partial charge in [-0.2, -0.15) is 4.39 Å². The predicted molar refractivity (Wildman–Crippen MR) is 67.9 cm³/mol. The maximum absolute atomic E-state index is 12.9. The van der Waals surface area contributed by atoms with Gasteiger partial charge in [-0.15, -0.1) is 0 Å². The highest BCUT2D eigenvalue weighted by molar-refractivity contribution is 5.94. The second-order valence-corrected chi connectivity index (χ2v) is 4.20. The van der Waals surface area contributed by atoms with E-state index in [0.29, 0.717) is 11.5 Å². The van der Waals surface area contributed by atoms with Crippen LogP contribution in [0, 0.1) is 5.95 Å². The first kappa shape index (κ1) is 12.4. The number of para-hydroxylation sites is 1. The molecule has 102 valence electrons. The van der Waals surface area contributed by atoms with Crippen molar-refractivity contribution in [1.29, 1.82) is 0 Å². The number of halogens is 1. The van der Waals surface area contributed by atoms with Crippen molar-refractivity contribution in [2.75, 3.05) is 6.79 Å². The molecule has 1 amide bonds. The Labute approximate surface area is 114 Å². The molecule has 1 aliphatic rings. The fraction of sp³-hybridized carbons (Fsp3) is 0.143. The summed E-state index contributed by atoms with van der Waals surface area (Å²) in [5.74, 6) is 0.234. The van der Waals surface area contributed by atoms with Gasteiger partial charge in [0.25, 0.3) is 5.91 Å². The summed E-state index contributed by atoms with van der Waals surface area (Å²) >= 11 is 0. The Kier molecular flexibility index (Phi) is 3.20. The second kappa shape index (κ2) is 5.16. The third-order valence-corrected chi connectivity index (χ3v) is 2.91. The topological polar surface area (TPSA) is 60.5 Å². The first-order chi connectivity index (χ1) is 9.74. The number of nitrogens with zero attached hydrogens (tertiary/aromatic N) is 1. The molecular weight excluding hydrogens is 263 g/mol. The number of benzene rings is 1. The standard InChI is InChI=1S/C14H11FN2O3/c15-12-6-9(4-5-16-12)14(18)17-7-10-2-1-3-11-13(10)20-8-19-11/h1-6H,7-8H2,(H,17,18). The zero-order chi connectivity index (χ0) is 13.9. The van der Waals surface area contributed by atoms with E-state index in [0.717, 1.165) is 11.6 Å². The number of fused-ring (bicyclic) bond motifs is 1. The van der Waals surface area contributed by atoms with Crippen molar-refractivity contribution in [3.8, 4) is 11.5 Å². The minimum atomic E-state index is -0.685. The molecule has 2 heterocycles. The van der Waals surface area contributed by atoms with Gasteiger partial charge in [-0.3, -0.25) is 4.79 Å².